The van der Waals surface area contributed by atoms with E-state index in [1.807, 2.05) is 6.07 Å². The van der Waals surface area contributed by atoms with E-state index >= 15 is 0 Å². The molecule has 2 atom stereocenters. The zero-order valence-electron chi connectivity index (χ0n) is 12.1. The van der Waals surface area contributed by atoms with Gasteiger partial charge < -0.3 is 5.32 Å². The largest absolute Gasteiger partial charge is 0.384 e. The second-order valence-electron chi connectivity index (χ2n) is 6.26. The number of fused-ring (bicyclic) bond motifs is 1. The van der Waals surface area contributed by atoms with Crippen LogP contribution in [-0.4, -0.2) is 32.4 Å². The van der Waals surface area contributed by atoms with E-state index in [1.54, 1.807) is 16.4 Å². The van der Waals surface area contributed by atoms with Crippen LogP contribution >= 0.6 is 0 Å². The molecule has 1 saturated heterocycles. The SMILES string of the molecule is CC1CC(C)CN(S(=O)(=O)c2ccc3c(c2)NCC3)C1. The molecule has 1 N–H and O–H groups in total. The topological polar surface area (TPSA) is 49.4 Å². The van der Waals surface area contributed by atoms with Crippen molar-refractivity contribution in [3.8, 4) is 0 Å². The molecule has 0 spiro atoms. The number of hydrogen-bond acceptors (Lipinski definition) is 3. The number of piperidine rings is 1. The van der Waals surface area contributed by atoms with Crippen molar-refractivity contribution in [2.24, 2.45) is 11.8 Å². The Balaban J connectivity index is 1.91. The highest BCUT2D eigenvalue weighted by molar-refractivity contribution is 7.89. The molecular weight excluding hydrogens is 272 g/mol. The van der Waals surface area contributed by atoms with Crippen LogP contribution in [0.4, 0.5) is 5.69 Å². The fourth-order valence-electron chi connectivity index (χ4n) is 3.38. The van der Waals surface area contributed by atoms with Crippen LogP contribution in [0.2, 0.25) is 0 Å². The molecule has 2 unspecified atom stereocenters. The zero-order chi connectivity index (χ0) is 14.3. The first-order valence-electron chi connectivity index (χ1n) is 7.34. The molecule has 0 aliphatic carbocycles. The minimum atomic E-state index is -3.36. The standard InChI is InChI=1S/C15H22N2O2S/c1-11-7-12(2)10-17(9-11)20(18,19)14-4-3-13-5-6-16-15(13)8-14/h3-4,8,11-12,16H,5-7,9-10H2,1-2H3. The average Bonchev–Trinajstić information content (AvgIpc) is 2.84. The third-order valence-corrected chi connectivity index (χ3v) is 6.09. The Morgan fingerprint density at radius 2 is 1.90 bits per heavy atom. The van der Waals surface area contributed by atoms with Crippen LogP contribution in [0.25, 0.3) is 0 Å². The molecule has 20 heavy (non-hydrogen) atoms. The minimum absolute atomic E-state index is 0.423. The molecule has 4 nitrogen and oxygen atoms in total. The summed E-state index contributed by atoms with van der Waals surface area (Å²) in [7, 11) is -3.36. The summed E-state index contributed by atoms with van der Waals surface area (Å²) in [6, 6.07) is 5.49. The maximum Gasteiger partial charge on any atom is 0.243 e. The predicted molar refractivity (Wildman–Crippen MR) is 80.3 cm³/mol. The Morgan fingerprint density at radius 1 is 1.20 bits per heavy atom. The normalized spacial score (nSPS) is 27.1. The number of anilines is 1. The van der Waals surface area contributed by atoms with Gasteiger partial charge in [-0.3, -0.25) is 0 Å². The molecular formula is C15H22N2O2S. The Kier molecular flexibility index (Phi) is 3.50. The maximum absolute atomic E-state index is 12.8. The van der Waals surface area contributed by atoms with Crippen molar-refractivity contribution in [2.45, 2.75) is 31.6 Å². The number of sulfonamides is 1. The lowest BCUT2D eigenvalue weighted by Crippen LogP contribution is -2.42. The smallest absolute Gasteiger partial charge is 0.243 e. The third-order valence-electron chi connectivity index (χ3n) is 4.26. The number of nitrogens with zero attached hydrogens (tertiary/aromatic N) is 1. The van der Waals surface area contributed by atoms with Crippen LogP contribution in [0.3, 0.4) is 0 Å². The Labute approximate surface area is 121 Å². The van der Waals surface area contributed by atoms with E-state index in [0.717, 1.165) is 25.1 Å². The van der Waals surface area contributed by atoms with Crippen molar-refractivity contribution in [3.63, 3.8) is 0 Å². The lowest BCUT2D eigenvalue weighted by Gasteiger charge is -2.34. The molecule has 0 bridgehead atoms. The first-order chi connectivity index (χ1) is 9.46. The van der Waals surface area contributed by atoms with Gasteiger partial charge in [-0.1, -0.05) is 19.9 Å². The molecule has 1 aromatic rings. The van der Waals surface area contributed by atoms with Crippen LogP contribution in [0.15, 0.2) is 23.1 Å². The number of hydrogen-bond donors (Lipinski definition) is 1. The van der Waals surface area contributed by atoms with Crippen LogP contribution in [0.5, 0.6) is 0 Å². The highest BCUT2D eigenvalue weighted by Gasteiger charge is 2.32. The van der Waals surface area contributed by atoms with Crippen LogP contribution < -0.4 is 5.32 Å². The molecule has 3 rings (SSSR count). The second-order valence-corrected chi connectivity index (χ2v) is 8.20. The molecule has 110 valence electrons. The zero-order valence-corrected chi connectivity index (χ0v) is 12.9. The molecule has 0 saturated carbocycles. The maximum atomic E-state index is 12.8. The van der Waals surface area contributed by atoms with Gasteiger partial charge in [0.25, 0.3) is 0 Å². The molecule has 0 aromatic heterocycles. The molecule has 2 aliphatic heterocycles. The van der Waals surface area contributed by atoms with Gasteiger partial charge in [-0.2, -0.15) is 4.31 Å². The van der Waals surface area contributed by atoms with Crippen molar-refractivity contribution in [2.75, 3.05) is 25.0 Å². The Bertz CT molecular complexity index is 602. The van der Waals surface area contributed by atoms with E-state index in [1.165, 1.54) is 5.56 Å². The average molecular weight is 294 g/mol. The van der Waals surface area contributed by atoms with Crippen molar-refractivity contribution >= 4 is 15.7 Å². The lowest BCUT2D eigenvalue weighted by molar-refractivity contribution is 0.222. The van der Waals surface area contributed by atoms with Gasteiger partial charge >= 0.3 is 0 Å². The monoisotopic (exact) mass is 294 g/mol. The Morgan fingerprint density at radius 3 is 2.60 bits per heavy atom. The first kappa shape index (κ1) is 13.9. The van der Waals surface area contributed by atoms with E-state index in [9.17, 15) is 8.42 Å². The molecule has 1 aromatic carbocycles. The summed E-state index contributed by atoms with van der Waals surface area (Å²) in [6.45, 7) is 6.43. The van der Waals surface area contributed by atoms with Crippen molar-refractivity contribution in [1.29, 1.82) is 0 Å². The van der Waals surface area contributed by atoms with Crippen LogP contribution in [0.1, 0.15) is 25.8 Å². The van der Waals surface area contributed by atoms with Gasteiger partial charge in [0, 0.05) is 25.3 Å². The van der Waals surface area contributed by atoms with E-state index in [0.29, 0.717) is 29.8 Å². The first-order valence-corrected chi connectivity index (χ1v) is 8.78. The quantitative estimate of drug-likeness (QED) is 0.910. The van der Waals surface area contributed by atoms with Crippen molar-refractivity contribution in [1.82, 2.24) is 4.31 Å². The van der Waals surface area contributed by atoms with Crippen LogP contribution in [0, 0.1) is 11.8 Å². The minimum Gasteiger partial charge on any atom is -0.384 e. The van der Waals surface area contributed by atoms with Crippen molar-refractivity contribution < 1.29 is 8.42 Å². The van der Waals surface area contributed by atoms with E-state index in [-0.39, 0.29) is 0 Å². The summed E-state index contributed by atoms with van der Waals surface area (Å²) in [5.41, 5.74) is 2.19. The lowest BCUT2D eigenvalue weighted by atomic mass is 9.94. The van der Waals surface area contributed by atoms with E-state index < -0.39 is 10.0 Å². The highest BCUT2D eigenvalue weighted by atomic mass is 32.2. The van der Waals surface area contributed by atoms with Gasteiger partial charge in [0.05, 0.1) is 4.90 Å². The summed E-state index contributed by atoms with van der Waals surface area (Å²) >= 11 is 0. The van der Waals surface area contributed by atoms with Gasteiger partial charge in [0.15, 0.2) is 0 Å². The fraction of sp³-hybridized carbons (Fsp3) is 0.600. The van der Waals surface area contributed by atoms with Gasteiger partial charge in [0.2, 0.25) is 10.0 Å². The summed E-state index contributed by atoms with van der Waals surface area (Å²) < 4.78 is 27.2. The molecule has 0 radical (unpaired) electrons. The molecule has 1 fully saturated rings. The highest BCUT2D eigenvalue weighted by Crippen LogP contribution is 2.30. The summed E-state index contributed by atoms with van der Waals surface area (Å²) in [4.78, 5) is 0.423. The van der Waals surface area contributed by atoms with Gasteiger partial charge in [-0.05, 0) is 42.4 Å². The summed E-state index contributed by atoms with van der Waals surface area (Å²) in [5.74, 6) is 0.863. The molecule has 5 heteroatoms. The van der Waals surface area contributed by atoms with Gasteiger partial charge in [0.1, 0.15) is 0 Å². The second kappa shape index (κ2) is 5.04. The van der Waals surface area contributed by atoms with E-state index in [2.05, 4.69) is 19.2 Å². The van der Waals surface area contributed by atoms with E-state index in [4.69, 9.17) is 0 Å². The number of nitrogens with one attached hydrogen (secondary N) is 1. The van der Waals surface area contributed by atoms with Crippen LogP contribution in [-0.2, 0) is 16.4 Å². The third kappa shape index (κ3) is 2.44. The number of rotatable bonds is 2. The summed E-state index contributed by atoms with van der Waals surface area (Å²) in [6.07, 6.45) is 2.09. The fourth-order valence-corrected chi connectivity index (χ4v) is 5.09. The molecule has 2 aliphatic rings. The Hall–Kier alpha value is -1.07. The van der Waals surface area contributed by atoms with Gasteiger partial charge in [-0.25, -0.2) is 8.42 Å². The molecule has 0 amide bonds. The van der Waals surface area contributed by atoms with Gasteiger partial charge in [-0.15, -0.1) is 0 Å². The molecule has 2 heterocycles. The summed E-state index contributed by atoms with van der Waals surface area (Å²) in [5, 5.41) is 3.25. The van der Waals surface area contributed by atoms with Crippen molar-refractivity contribution in [3.05, 3.63) is 23.8 Å². The predicted octanol–water partition coefficient (Wildman–Crippen LogP) is 2.32. The number of benzene rings is 1.